The summed E-state index contributed by atoms with van der Waals surface area (Å²) >= 11 is 0. The number of hydrogen-bond acceptors (Lipinski definition) is 2. The summed E-state index contributed by atoms with van der Waals surface area (Å²) in [6.45, 7) is 6.13. The van der Waals surface area contributed by atoms with Gasteiger partial charge in [-0.15, -0.1) is 0 Å². The first-order chi connectivity index (χ1) is 7.24. The average molecular weight is 213 g/mol. The van der Waals surface area contributed by atoms with E-state index in [0.29, 0.717) is 5.92 Å². The first-order valence-electron chi connectivity index (χ1n) is 6.62. The molecular formula is C13H27NO. The zero-order valence-electron chi connectivity index (χ0n) is 10.3. The highest BCUT2D eigenvalue weighted by atomic mass is 16.3. The SMILES string of the molecule is CCC(C)C(O)CNCC1CCCCC1. The molecule has 0 bridgehead atoms. The van der Waals surface area contributed by atoms with Crippen molar-refractivity contribution in [3.05, 3.63) is 0 Å². The Morgan fingerprint density at radius 3 is 2.53 bits per heavy atom. The fourth-order valence-corrected chi connectivity index (χ4v) is 2.30. The minimum absolute atomic E-state index is 0.168. The molecule has 2 atom stereocenters. The van der Waals surface area contributed by atoms with Gasteiger partial charge in [0.1, 0.15) is 0 Å². The third-order valence-electron chi connectivity index (χ3n) is 3.81. The van der Waals surface area contributed by atoms with Gasteiger partial charge >= 0.3 is 0 Å². The molecular weight excluding hydrogens is 186 g/mol. The predicted molar refractivity (Wildman–Crippen MR) is 64.9 cm³/mol. The molecule has 2 N–H and O–H groups in total. The molecule has 2 nitrogen and oxygen atoms in total. The standard InChI is InChI=1S/C13H27NO/c1-3-11(2)13(15)10-14-9-12-7-5-4-6-8-12/h11-15H,3-10H2,1-2H3. The Labute approximate surface area is 94.5 Å². The highest BCUT2D eigenvalue weighted by Crippen LogP contribution is 2.22. The van der Waals surface area contributed by atoms with Gasteiger partial charge in [-0.2, -0.15) is 0 Å². The lowest BCUT2D eigenvalue weighted by Crippen LogP contribution is -2.34. The second kappa shape index (κ2) is 7.24. The normalized spacial score (nSPS) is 22.6. The van der Waals surface area contributed by atoms with Crippen LogP contribution < -0.4 is 5.32 Å². The van der Waals surface area contributed by atoms with Crippen molar-refractivity contribution in [3.8, 4) is 0 Å². The van der Waals surface area contributed by atoms with Gasteiger partial charge < -0.3 is 10.4 Å². The van der Waals surface area contributed by atoms with Gasteiger partial charge in [-0.05, 0) is 31.2 Å². The Hall–Kier alpha value is -0.0800. The van der Waals surface area contributed by atoms with Crippen LogP contribution in [0.2, 0.25) is 0 Å². The maximum Gasteiger partial charge on any atom is 0.0689 e. The molecule has 0 saturated heterocycles. The number of hydrogen-bond donors (Lipinski definition) is 2. The molecule has 1 aliphatic rings. The highest BCUT2D eigenvalue weighted by Gasteiger charge is 2.15. The molecule has 2 unspecified atom stereocenters. The quantitative estimate of drug-likeness (QED) is 0.711. The van der Waals surface area contributed by atoms with Gasteiger partial charge in [0, 0.05) is 6.54 Å². The molecule has 15 heavy (non-hydrogen) atoms. The fraction of sp³-hybridized carbons (Fsp3) is 1.00. The molecule has 0 amide bonds. The number of nitrogens with one attached hydrogen (secondary N) is 1. The molecule has 1 fully saturated rings. The summed E-state index contributed by atoms with van der Waals surface area (Å²) in [7, 11) is 0. The molecule has 0 aromatic rings. The van der Waals surface area contributed by atoms with Gasteiger partial charge in [0.25, 0.3) is 0 Å². The number of aliphatic hydroxyl groups is 1. The second-order valence-electron chi connectivity index (χ2n) is 5.12. The van der Waals surface area contributed by atoms with Crippen LogP contribution in [0.25, 0.3) is 0 Å². The molecule has 0 radical (unpaired) electrons. The van der Waals surface area contributed by atoms with Crippen molar-refractivity contribution in [1.29, 1.82) is 0 Å². The largest absolute Gasteiger partial charge is 0.392 e. The van der Waals surface area contributed by atoms with Crippen molar-refractivity contribution in [2.24, 2.45) is 11.8 Å². The second-order valence-corrected chi connectivity index (χ2v) is 5.12. The number of rotatable bonds is 6. The van der Waals surface area contributed by atoms with E-state index in [4.69, 9.17) is 0 Å². The van der Waals surface area contributed by atoms with Gasteiger partial charge in [-0.1, -0.05) is 39.5 Å². The molecule has 1 saturated carbocycles. The van der Waals surface area contributed by atoms with Crippen molar-refractivity contribution in [1.82, 2.24) is 5.32 Å². The van der Waals surface area contributed by atoms with Gasteiger partial charge in [0.15, 0.2) is 0 Å². The molecule has 2 heteroatoms. The molecule has 90 valence electrons. The smallest absolute Gasteiger partial charge is 0.0689 e. The molecule has 0 heterocycles. The third kappa shape index (κ3) is 4.98. The van der Waals surface area contributed by atoms with Gasteiger partial charge in [-0.25, -0.2) is 0 Å². The first kappa shape index (κ1) is 13.0. The average Bonchev–Trinajstić information content (AvgIpc) is 2.29. The van der Waals surface area contributed by atoms with E-state index in [9.17, 15) is 5.11 Å². The van der Waals surface area contributed by atoms with Crippen LogP contribution in [0.15, 0.2) is 0 Å². The minimum Gasteiger partial charge on any atom is -0.392 e. The summed E-state index contributed by atoms with van der Waals surface area (Å²) in [5, 5.41) is 13.2. The summed E-state index contributed by atoms with van der Waals surface area (Å²) in [6.07, 6.45) is 7.89. The topological polar surface area (TPSA) is 32.3 Å². The van der Waals surface area contributed by atoms with Crippen molar-refractivity contribution >= 4 is 0 Å². The summed E-state index contributed by atoms with van der Waals surface area (Å²) in [5.74, 6) is 1.28. The first-order valence-corrected chi connectivity index (χ1v) is 6.62. The summed E-state index contributed by atoms with van der Waals surface area (Å²) in [6, 6.07) is 0. The lowest BCUT2D eigenvalue weighted by atomic mass is 9.89. The van der Waals surface area contributed by atoms with Crippen LogP contribution in [0.1, 0.15) is 52.4 Å². The Morgan fingerprint density at radius 2 is 1.93 bits per heavy atom. The van der Waals surface area contributed by atoms with E-state index in [0.717, 1.165) is 25.4 Å². The Bertz CT molecular complexity index is 153. The Kier molecular flexibility index (Phi) is 6.26. The fourth-order valence-electron chi connectivity index (χ4n) is 2.30. The lowest BCUT2D eigenvalue weighted by molar-refractivity contribution is 0.111. The summed E-state index contributed by atoms with van der Waals surface area (Å²) < 4.78 is 0. The maximum atomic E-state index is 9.78. The number of aliphatic hydroxyl groups excluding tert-OH is 1. The lowest BCUT2D eigenvalue weighted by Gasteiger charge is -2.23. The van der Waals surface area contributed by atoms with E-state index in [2.05, 4.69) is 19.2 Å². The van der Waals surface area contributed by atoms with Crippen LogP contribution in [0, 0.1) is 11.8 Å². The van der Waals surface area contributed by atoms with Crippen LogP contribution in [0.5, 0.6) is 0 Å². The van der Waals surface area contributed by atoms with Crippen LogP contribution in [0.3, 0.4) is 0 Å². The van der Waals surface area contributed by atoms with E-state index in [-0.39, 0.29) is 6.10 Å². The van der Waals surface area contributed by atoms with E-state index in [1.165, 1.54) is 32.1 Å². The van der Waals surface area contributed by atoms with Crippen LogP contribution in [0.4, 0.5) is 0 Å². The predicted octanol–water partition coefficient (Wildman–Crippen LogP) is 2.56. The molecule has 0 aromatic heterocycles. The highest BCUT2D eigenvalue weighted by molar-refractivity contribution is 4.71. The Balaban J connectivity index is 2.04. The minimum atomic E-state index is -0.168. The van der Waals surface area contributed by atoms with Gasteiger partial charge in [0.05, 0.1) is 6.10 Å². The van der Waals surface area contributed by atoms with Crippen molar-refractivity contribution in [2.45, 2.75) is 58.5 Å². The van der Waals surface area contributed by atoms with Crippen molar-refractivity contribution in [2.75, 3.05) is 13.1 Å². The van der Waals surface area contributed by atoms with Crippen molar-refractivity contribution in [3.63, 3.8) is 0 Å². The summed E-state index contributed by atoms with van der Waals surface area (Å²) in [5.41, 5.74) is 0. The third-order valence-corrected chi connectivity index (χ3v) is 3.81. The van der Waals surface area contributed by atoms with E-state index >= 15 is 0 Å². The van der Waals surface area contributed by atoms with E-state index in [1.54, 1.807) is 0 Å². The molecule has 0 spiro atoms. The molecule has 0 aromatic carbocycles. The zero-order valence-corrected chi connectivity index (χ0v) is 10.3. The monoisotopic (exact) mass is 213 g/mol. The van der Waals surface area contributed by atoms with Crippen LogP contribution in [-0.2, 0) is 0 Å². The maximum absolute atomic E-state index is 9.78. The molecule has 0 aliphatic heterocycles. The molecule has 1 aliphatic carbocycles. The zero-order chi connectivity index (χ0) is 11.1. The Morgan fingerprint density at radius 1 is 1.27 bits per heavy atom. The van der Waals surface area contributed by atoms with E-state index in [1.807, 2.05) is 0 Å². The van der Waals surface area contributed by atoms with Crippen molar-refractivity contribution < 1.29 is 5.11 Å². The molecule has 1 rings (SSSR count). The van der Waals surface area contributed by atoms with E-state index < -0.39 is 0 Å². The van der Waals surface area contributed by atoms with Crippen LogP contribution >= 0.6 is 0 Å². The summed E-state index contributed by atoms with van der Waals surface area (Å²) in [4.78, 5) is 0. The van der Waals surface area contributed by atoms with Crippen LogP contribution in [-0.4, -0.2) is 24.3 Å². The van der Waals surface area contributed by atoms with Gasteiger partial charge in [-0.3, -0.25) is 0 Å². The van der Waals surface area contributed by atoms with Gasteiger partial charge in [0.2, 0.25) is 0 Å².